The third kappa shape index (κ3) is 5.87. The smallest absolute Gasteiger partial charge is 0.160 e. The van der Waals surface area contributed by atoms with Crippen LogP contribution in [0.4, 0.5) is 0 Å². The van der Waals surface area contributed by atoms with E-state index in [1.54, 1.807) is 0 Å². The summed E-state index contributed by atoms with van der Waals surface area (Å²) < 4.78 is 0. The van der Waals surface area contributed by atoms with Crippen LogP contribution in [0.15, 0.2) is 0 Å². The number of hydrogen-bond donors (Lipinski definition) is 0. The van der Waals surface area contributed by atoms with E-state index < -0.39 is 0 Å². The molecule has 3 heteroatoms. The fraction of sp³-hybridized carbons (Fsp3) is 0.778. The Bertz CT molecular complexity index is 181. The van der Waals surface area contributed by atoms with E-state index >= 15 is 0 Å². The lowest BCUT2D eigenvalue weighted by Gasteiger charge is -2.16. The summed E-state index contributed by atoms with van der Waals surface area (Å²) in [5, 5.41) is 8.24. The molecule has 12 heavy (non-hydrogen) atoms. The number of nitriles is 1. The van der Waals surface area contributed by atoms with Gasteiger partial charge in [-0.1, -0.05) is 13.8 Å². The van der Waals surface area contributed by atoms with E-state index in [9.17, 15) is 4.79 Å². The zero-order valence-electron chi connectivity index (χ0n) is 8.00. The van der Waals surface area contributed by atoms with Crippen molar-refractivity contribution in [2.75, 3.05) is 20.1 Å². The molecule has 3 nitrogen and oxygen atoms in total. The van der Waals surface area contributed by atoms with Gasteiger partial charge < -0.3 is 0 Å². The van der Waals surface area contributed by atoms with E-state index in [0.717, 1.165) is 6.54 Å². The second-order valence-corrected chi connectivity index (χ2v) is 3.46. The predicted molar refractivity (Wildman–Crippen MR) is 47.6 cm³/mol. The van der Waals surface area contributed by atoms with Gasteiger partial charge in [-0.15, -0.1) is 0 Å². The molecule has 0 heterocycles. The highest BCUT2D eigenvalue weighted by molar-refractivity contribution is 5.82. The quantitative estimate of drug-likeness (QED) is 0.616. The van der Waals surface area contributed by atoms with Crippen molar-refractivity contribution in [1.82, 2.24) is 4.90 Å². The summed E-state index contributed by atoms with van der Waals surface area (Å²) in [6, 6.07) is 1.85. The van der Waals surface area contributed by atoms with Crippen molar-refractivity contribution in [2.24, 2.45) is 5.92 Å². The predicted octanol–water partition coefficient (Wildman–Crippen LogP) is 1.06. The zero-order chi connectivity index (χ0) is 9.56. The Hall–Kier alpha value is -0.880. The lowest BCUT2D eigenvalue weighted by Crippen LogP contribution is -2.29. The van der Waals surface area contributed by atoms with Crippen LogP contribution in [0.25, 0.3) is 0 Å². The monoisotopic (exact) mass is 168 g/mol. The molecule has 0 amide bonds. The molecule has 68 valence electrons. The average Bonchev–Trinajstić information content (AvgIpc) is 1.84. The molecule has 0 spiro atoms. The molecule has 0 aromatic rings. The molecule has 0 radical (unpaired) electrons. The Labute approximate surface area is 74.0 Å². The maximum Gasteiger partial charge on any atom is 0.160 e. The molecule has 0 fully saturated rings. The minimum absolute atomic E-state index is 0.000602. The molecule has 0 rings (SSSR count). The van der Waals surface area contributed by atoms with Crippen molar-refractivity contribution in [2.45, 2.75) is 20.3 Å². The van der Waals surface area contributed by atoms with Gasteiger partial charge in [-0.2, -0.15) is 5.26 Å². The Morgan fingerprint density at radius 3 is 2.58 bits per heavy atom. The molecular formula is C9H16N2O. The molecule has 0 saturated carbocycles. The molecule has 0 saturated heterocycles. The standard InChI is InChI=1S/C9H16N2O/c1-8(2)6-11(3)7-9(12)4-5-10/h8H,4,6-7H2,1-3H3. The van der Waals surface area contributed by atoms with Gasteiger partial charge >= 0.3 is 0 Å². The number of Topliss-reactive ketones (excluding diaryl/α,β-unsaturated/α-hetero) is 1. The van der Waals surface area contributed by atoms with Crippen LogP contribution in [-0.4, -0.2) is 30.8 Å². The number of hydrogen-bond acceptors (Lipinski definition) is 3. The molecule has 0 bridgehead atoms. The fourth-order valence-corrected chi connectivity index (χ4v) is 1.13. The number of carbonyl (C=O) groups excluding carboxylic acids is 1. The lowest BCUT2D eigenvalue weighted by atomic mass is 10.2. The van der Waals surface area contributed by atoms with Crippen molar-refractivity contribution in [3.05, 3.63) is 0 Å². The van der Waals surface area contributed by atoms with Gasteiger partial charge in [0.25, 0.3) is 0 Å². The number of ketones is 1. The summed E-state index contributed by atoms with van der Waals surface area (Å²) in [7, 11) is 1.90. The molecule has 0 aliphatic carbocycles. The zero-order valence-corrected chi connectivity index (χ0v) is 8.00. The van der Waals surface area contributed by atoms with Crippen molar-refractivity contribution in [3.8, 4) is 6.07 Å². The van der Waals surface area contributed by atoms with E-state index in [-0.39, 0.29) is 12.2 Å². The van der Waals surface area contributed by atoms with Gasteiger partial charge in [0, 0.05) is 6.54 Å². The lowest BCUT2D eigenvalue weighted by molar-refractivity contribution is -0.119. The van der Waals surface area contributed by atoms with Crippen LogP contribution in [0, 0.1) is 17.2 Å². The van der Waals surface area contributed by atoms with E-state index in [1.165, 1.54) is 0 Å². The van der Waals surface area contributed by atoms with Gasteiger partial charge in [0.1, 0.15) is 0 Å². The minimum atomic E-state index is 0.000602. The first-order chi connectivity index (χ1) is 5.56. The molecule has 0 aromatic heterocycles. The summed E-state index contributed by atoms with van der Waals surface area (Å²) in [4.78, 5) is 12.9. The van der Waals surface area contributed by atoms with Crippen molar-refractivity contribution < 1.29 is 4.79 Å². The topological polar surface area (TPSA) is 44.1 Å². The van der Waals surface area contributed by atoms with Crippen LogP contribution in [-0.2, 0) is 4.79 Å². The van der Waals surface area contributed by atoms with E-state index in [2.05, 4.69) is 13.8 Å². The van der Waals surface area contributed by atoms with Gasteiger partial charge in [0.2, 0.25) is 0 Å². The maximum absolute atomic E-state index is 11.0. The molecule has 0 unspecified atom stereocenters. The van der Waals surface area contributed by atoms with Gasteiger partial charge in [-0.3, -0.25) is 9.69 Å². The summed E-state index contributed by atoms with van der Waals surface area (Å²) >= 11 is 0. The van der Waals surface area contributed by atoms with Crippen molar-refractivity contribution in [1.29, 1.82) is 5.26 Å². The molecular weight excluding hydrogens is 152 g/mol. The third-order valence-corrected chi connectivity index (χ3v) is 1.40. The Kier molecular flexibility index (Phi) is 5.31. The van der Waals surface area contributed by atoms with E-state index in [1.807, 2.05) is 18.0 Å². The van der Waals surface area contributed by atoms with Gasteiger partial charge in [0.05, 0.1) is 19.0 Å². The summed E-state index contributed by atoms with van der Waals surface area (Å²) in [5.41, 5.74) is 0. The molecule has 0 N–H and O–H groups in total. The van der Waals surface area contributed by atoms with Crippen LogP contribution >= 0.6 is 0 Å². The van der Waals surface area contributed by atoms with Crippen LogP contribution in [0.1, 0.15) is 20.3 Å². The largest absolute Gasteiger partial charge is 0.299 e. The first-order valence-corrected chi connectivity index (χ1v) is 4.13. The summed E-state index contributed by atoms with van der Waals surface area (Å²) in [6.45, 7) is 5.50. The van der Waals surface area contributed by atoms with Gasteiger partial charge in [0.15, 0.2) is 5.78 Å². The highest BCUT2D eigenvalue weighted by Gasteiger charge is 2.06. The maximum atomic E-state index is 11.0. The van der Waals surface area contributed by atoms with Gasteiger partial charge in [-0.05, 0) is 13.0 Å². The average molecular weight is 168 g/mol. The number of nitrogens with zero attached hydrogens (tertiary/aromatic N) is 2. The van der Waals surface area contributed by atoms with Crippen LogP contribution in [0.3, 0.4) is 0 Å². The number of rotatable bonds is 5. The summed E-state index contributed by atoms with van der Waals surface area (Å²) in [6.07, 6.45) is 0.0302. The van der Waals surface area contributed by atoms with Crippen LogP contribution in [0.5, 0.6) is 0 Å². The summed E-state index contributed by atoms with van der Waals surface area (Å²) in [5.74, 6) is 0.561. The van der Waals surface area contributed by atoms with Crippen molar-refractivity contribution in [3.63, 3.8) is 0 Å². The third-order valence-electron chi connectivity index (χ3n) is 1.40. The second kappa shape index (κ2) is 5.73. The highest BCUT2D eigenvalue weighted by atomic mass is 16.1. The first-order valence-electron chi connectivity index (χ1n) is 4.13. The van der Waals surface area contributed by atoms with Crippen molar-refractivity contribution >= 4 is 5.78 Å². The number of carbonyl (C=O) groups is 1. The highest BCUT2D eigenvalue weighted by Crippen LogP contribution is 1.96. The normalized spacial score (nSPS) is 10.3. The molecule has 0 aliphatic heterocycles. The molecule has 0 aliphatic rings. The molecule has 0 aromatic carbocycles. The Balaban J connectivity index is 3.63. The van der Waals surface area contributed by atoms with Crippen LogP contribution < -0.4 is 0 Å². The van der Waals surface area contributed by atoms with Gasteiger partial charge in [-0.25, -0.2) is 0 Å². The Morgan fingerprint density at radius 1 is 1.58 bits per heavy atom. The van der Waals surface area contributed by atoms with E-state index in [4.69, 9.17) is 5.26 Å². The minimum Gasteiger partial charge on any atom is -0.299 e. The second-order valence-electron chi connectivity index (χ2n) is 3.46. The SMILES string of the molecule is CC(C)CN(C)CC(=O)CC#N. The number of likely N-dealkylation sites (N-methyl/N-ethyl adjacent to an activating group) is 1. The van der Waals surface area contributed by atoms with E-state index in [0.29, 0.717) is 12.5 Å². The fourth-order valence-electron chi connectivity index (χ4n) is 1.13. The van der Waals surface area contributed by atoms with Crippen LogP contribution in [0.2, 0.25) is 0 Å². The Morgan fingerprint density at radius 2 is 2.17 bits per heavy atom. The molecule has 0 atom stereocenters. The first kappa shape index (κ1) is 11.1.